The molecule has 1 aromatic rings. The van der Waals surface area contributed by atoms with Crippen LogP contribution in [0.25, 0.3) is 0 Å². The zero-order chi connectivity index (χ0) is 16.3. The summed E-state index contributed by atoms with van der Waals surface area (Å²) in [5, 5.41) is 24.1. The maximum Gasteiger partial charge on any atom is 0.309 e. The van der Waals surface area contributed by atoms with Gasteiger partial charge in [-0.05, 0) is 34.5 Å². The van der Waals surface area contributed by atoms with E-state index in [4.69, 9.17) is 11.6 Å². The maximum atomic E-state index is 11.7. The highest BCUT2D eigenvalue weighted by Gasteiger charge is 2.48. The van der Waals surface area contributed by atoms with E-state index in [2.05, 4.69) is 28.2 Å². The molecule has 1 aromatic carbocycles. The summed E-state index contributed by atoms with van der Waals surface area (Å²) in [6.45, 7) is 2.28. The van der Waals surface area contributed by atoms with E-state index in [0.29, 0.717) is 27.2 Å². The van der Waals surface area contributed by atoms with Crippen LogP contribution in [0.5, 0.6) is 0 Å². The maximum absolute atomic E-state index is 11.7. The Bertz CT molecular complexity index is 567. The Hall–Kier alpha value is -0.780. The molecule has 0 aliphatic carbocycles. The van der Waals surface area contributed by atoms with Gasteiger partial charge in [0.15, 0.2) is 0 Å². The van der Waals surface area contributed by atoms with Gasteiger partial charge in [-0.2, -0.15) is 0 Å². The van der Waals surface area contributed by atoms with E-state index in [0.717, 1.165) is 25.7 Å². The van der Waals surface area contributed by atoms with Gasteiger partial charge in [0, 0.05) is 22.3 Å². The van der Waals surface area contributed by atoms with E-state index in [-0.39, 0.29) is 6.54 Å². The predicted molar refractivity (Wildman–Crippen MR) is 91.4 cm³/mol. The monoisotopic (exact) mass is 389 g/mol. The first-order valence-electron chi connectivity index (χ1n) is 7.59. The number of anilines is 1. The minimum atomic E-state index is -1.48. The molecule has 1 aliphatic heterocycles. The van der Waals surface area contributed by atoms with Crippen LogP contribution in [0.3, 0.4) is 0 Å². The van der Waals surface area contributed by atoms with E-state index in [9.17, 15) is 15.0 Å². The van der Waals surface area contributed by atoms with E-state index in [1.165, 1.54) is 0 Å². The molecule has 0 saturated heterocycles. The average molecular weight is 391 g/mol. The smallest absolute Gasteiger partial charge is 0.309 e. The molecule has 1 heterocycles. The Labute approximate surface area is 144 Å². The molecule has 6 heteroatoms. The third-order valence-corrected chi connectivity index (χ3v) is 5.58. The molecule has 0 aromatic heterocycles. The summed E-state index contributed by atoms with van der Waals surface area (Å²) in [6, 6.07) is 3.59. The number of unbranched alkanes of at least 4 members (excludes halogenated alkanes) is 3. The number of carbonyl (C=O) groups is 1. The quantitative estimate of drug-likeness (QED) is 0.604. The summed E-state index contributed by atoms with van der Waals surface area (Å²) in [6.07, 6.45) is 4.36. The molecule has 2 rings (SSSR count). The van der Waals surface area contributed by atoms with Crippen LogP contribution in [0, 0.1) is 5.92 Å². The van der Waals surface area contributed by atoms with Crippen molar-refractivity contribution < 1.29 is 15.0 Å². The van der Waals surface area contributed by atoms with Crippen molar-refractivity contribution in [1.29, 1.82) is 0 Å². The number of halogens is 2. The van der Waals surface area contributed by atoms with Crippen molar-refractivity contribution in [2.45, 2.75) is 44.6 Å². The summed E-state index contributed by atoms with van der Waals surface area (Å²) in [5.41, 5.74) is -0.282. The lowest BCUT2D eigenvalue weighted by Crippen LogP contribution is -2.41. The highest BCUT2D eigenvalue weighted by Crippen LogP contribution is 2.47. The molecule has 0 spiro atoms. The lowest BCUT2D eigenvalue weighted by atomic mass is 9.79. The molecule has 0 radical (unpaired) electrons. The largest absolute Gasteiger partial charge is 0.481 e. The molecular formula is C16H21BrClNO3. The molecular weight excluding hydrogens is 370 g/mol. The van der Waals surface area contributed by atoms with Crippen LogP contribution in [0.4, 0.5) is 5.69 Å². The highest BCUT2D eigenvalue weighted by atomic mass is 79.9. The van der Waals surface area contributed by atoms with Crippen molar-refractivity contribution >= 4 is 39.2 Å². The molecule has 4 nitrogen and oxygen atoms in total. The lowest BCUT2D eigenvalue weighted by Gasteiger charge is -2.30. The van der Waals surface area contributed by atoms with Gasteiger partial charge in [0.1, 0.15) is 5.60 Å². The van der Waals surface area contributed by atoms with Crippen LogP contribution >= 0.6 is 27.5 Å². The van der Waals surface area contributed by atoms with Crippen molar-refractivity contribution in [1.82, 2.24) is 0 Å². The summed E-state index contributed by atoms with van der Waals surface area (Å²) < 4.78 is 0.658. The molecule has 0 amide bonds. The summed E-state index contributed by atoms with van der Waals surface area (Å²) >= 11 is 9.66. The van der Waals surface area contributed by atoms with Gasteiger partial charge in [0.25, 0.3) is 0 Å². The highest BCUT2D eigenvalue weighted by molar-refractivity contribution is 9.10. The Morgan fingerprint density at radius 3 is 2.82 bits per heavy atom. The minimum Gasteiger partial charge on any atom is -0.481 e. The molecule has 0 bridgehead atoms. The number of nitrogens with one attached hydrogen (secondary N) is 1. The van der Waals surface area contributed by atoms with Crippen LogP contribution in [-0.2, 0) is 10.4 Å². The number of fused-ring (bicyclic) bond motifs is 1. The fourth-order valence-corrected chi connectivity index (χ4v) is 3.74. The molecule has 1 aliphatic rings. The van der Waals surface area contributed by atoms with Gasteiger partial charge in [0.2, 0.25) is 0 Å². The third kappa shape index (κ3) is 3.26. The predicted octanol–water partition coefficient (Wildman–Crippen LogP) is 4.39. The molecule has 0 saturated carbocycles. The van der Waals surface area contributed by atoms with E-state index < -0.39 is 17.5 Å². The third-order valence-electron chi connectivity index (χ3n) is 4.30. The fourth-order valence-electron chi connectivity index (χ4n) is 3.08. The van der Waals surface area contributed by atoms with Gasteiger partial charge in [0.05, 0.1) is 10.9 Å². The Balaban J connectivity index is 2.30. The molecule has 0 fully saturated rings. The van der Waals surface area contributed by atoms with Crippen LogP contribution in [0.15, 0.2) is 16.6 Å². The summed E-state index contributed by atoms with van der Waals surface area (Å²) in [4.78, 5) is 11.7. The van der Waals surface area contributed by atoms with Crippen LogP contribution in [0.2, 0.25) is 5.02 Å². The van der Waals surface area contributed by atoms with Gasteiger partial charge in [-0.15, -0.1) is 0 Å². The number of carboxylic acid groups (broad SMARTS) is 1. The lowest BCUT2D eigenvalue weighted by molar-refractivity contribution is -0.152. The first-order chi connectivity index (χ1) is 10.4. The fraction of sp³-hybridized carbons (Fsp3) is 0.562. The number of hydrogen-bond donors (Lipinski definition) is 3. The van der Waals surface area contributed by atoms with Crippen molar-refractivity contribution in [3.05, 3.63) is 27.2 Å². The second-order valence-electron chi connectivity index (χ2n) is 5.80. The first-order valence-corrected chi connectivity index (χ1v) is 8.76. The summed E-state index contributed by atoms with van der Waals surface area (Å²) in [7, 11) is 0. The van der Waals surface area contributed by atoms with Gasteiger partial charge >= 0.3 is 5.97 Å². The number of carboxylic acids is 1. The van der Waals surface area contributed by atoms with Gasteiger partial charge in [-0.3, -0.25) is 4.79 Å². The number of hydrogen-bond acceptors (Lipinski definition) is 3. The molecule has 3 N–H and O–H groups in total. The minimum absolute atomic E-state index is 0.170. The zero-order valence-electron chi connectivity index (χ0n) is 12.5. The van der Waals surface area contributed by atoms with E-state index >= 15 is 0 Å². The zero-order valence-corrected chi connectivity index (χ0v) is 14.9. The normalized spacial score (nSPS) is 21.3. The van der Waals surface area contributed by atoms with Crippen molar-refractivity contribution in [3.8, 4) is 0 Å². The Morgan fingerprint density at radius 1 is 1.45 bits per heavy atom. The SMILES string of the molecule is CCCCCCC(C(=O)O)C1(O)CNc2ccc(Br)c(Cl)c21. The molecule has 122 valence electrons. The number of β-amino-alcohol motifs (C(OH)–C–C–N with tert-alkyl or cyclic N) is 1. The van der Waals surface area contributed by atoms with Crippen LogP contribution in [0.1, 0.15) is 44.6 Å². The van der Waals surface area contributed by atoms with Crippen LogP contribution < -0.4 is 5.32 Å². The molecule has 2 unspecified atom stereocenters. The number of aliphatic hydroxyl groups is 1. The second kappa shape index (κ2) is 7.20. The van der Waals surface area contributed by atoms with E-state index in [1.807, 2.05) is 0 Å². The Kier molecular flexibility index (Phi) is 5.75. The van der Waals surface area contributed by atoms with Crippen molar-refractivity contribution in [2.75, 3.05) is 11.9 Å². The standard InChI is InChI=1S/C16H21BrClNO3/c1-2-3-4-5-6-10(15(20)21)16(22)9-19-12-8-7-11(17)14(18)13(12)16/h7-8,10,19,22H,2-6,9H2,1H3,(H,20,21). The van der Waals surface area contributed by atoms with E-state index in [1.54, 1.807) is 12.1 Å². The molecule has 2 atom stereocenters. The number of rotatable bonds is 7. The molecule has 22 heavy (non-hydrogen) atoms. The average Bonchev–Trinajstić information content (AvgIpc) is 2.81. The number of aliphatic carboxylic acids is 1. The van der Waals surface area contributed by atoms with Gasteiger partial charge in [-0.25, -0.2) is 0 Å². The van der Waals surface area contributed by atoms with Crippen LogP contribution in [-0.4, -0.2) is 22.7 Å². The number of benzene rings is 1. The topological polar surface area (TPSA) is 69.6 Å². The van der Waals surface area contributed by atoms with Crippen molar-refractivity contribution in [3.63, 3.8) is 0 Å². The summed E-state index contributed by atoms with van der Waals surface area (Å²) in [5.74, 6) is -1.85. The van der Waals surface area contributed by atoms with Gasteiger partial charge in [-0.1, -0.05) is 44.2 Å². The van der Waals surface area contributed by atoms with Crippen molar-refractivity contribution in [2.24, 2.45) is 5.92 Å². The second-order valence-corrected chi connectivity index (χ2v) is 7.03. The first kappa shape index (κ1) is 17.6. The Morgan fingerprint density at radius 2 is 2.18 bits per heavy atom. The van der Waals surface area contributed by atoms with Gasteiger partial charge < -0.3 is 15.5 Å².